The summed E-state index contributed by atoms with van der Waals surface area (Å²) in [6, 6.07) is 7.98. The van der Waals surface area contributed by atoms with Gasteiger partial charge in [-0.05, 0) is 13.3 Å². The Hall–Kier alpha value is -2.96. The van der Waals surface area contributed by atoms with E-state index in [1.54, 1.807) is 32.3 Å². The van der Waals surface area contributed by atoms with E-state index in [0.717, 1.165) is 6.41 Å². The third kappa shape index (κ3) is 6.06. The van der Waals surface area contributed by atoms with Crippen molar-refractivity contribution in [3.05, 3.63) is 70.0 Å². The van der Waals surface area contributed by atoms with Crippen LogP contribution < -0.4 is 0 Å². The summed E-state index contributed by atoms with van der Waals surface area (Å²) in [4.78, 5) is 31.2. The monoisotopic (exact) mass is 381 g/mol. The van der Waals surface area contributed by atoms with Crippen molar-refractivity contribution >= 4 is 19.0 Å². The van der Waals surface area contributed by atoms with Gasteiger partial charge >= 0.3 is 0 Å². The largest absolute Gasteiger partial charge is 0.351 e. The van der Waals surface area contributed by atoms with Gasteiger partial charge in [-0.3, -0.25) is 9.59 Å². The molecular weight excluding hydrogens is 359 g/mol. The summed E-state index contributed by atoms with van der Waals surface area (Å²) in [6.45, 7) is 4.71. The van der Waals surface area contributed by atoms with Crippen LogP contribution in [0.5, 0.6) is 0 Å². The minimum absolute atomic E-state index is 0.0239. The Labute approximate surface area is 156 Å². The predicted molar refractivity (Wildman–Crippen MR) is 97.2 cm³/mol. The quantitative estimate of drug-likeness (QED) is 0.461. The fourth-order valence-corrected chi connectivity index (χ4v) is 2.13. The topological polar surface area (TPSA) is 54.5 Å². The number of rotatable bonds is 4. The van der Waals surface area contributed by atoms with E-state index in [-0.39, 0.29) is 17.5 Å². The molecular formula is C20H22F3NO3. The van der Waals surface area contributed by atoms with Crippen LogP contribution in [0.1, 0.15) is 34.0 Å². The minimum atomic E-state index is -1.22. The average molecular weight is 381 g/mol. The van der Waals surface area contributed by atoms with E-state index in [0.29, 0.717) is 0 Å². The summed E-state index contributed by atoms with van der Waals surface area (Å²) < 4.78 is 41.7. The zero-order valence-corrected chi connectivity index (χ0v) is 15.7. The average Bonchev–Trinajstić information content (AvgIpc) is 2.69. The molecule has 0 aliphatic heterocycles. The minimum Gasteiger partial charge on any atom is -0.351 e. The second-order valence-corrected chi connectivity index (χ2v) is 5.54. The van der Waals surface area contributed by atoms with E-state index in [9.17, 15) is 22.8 Å². The molecule has 0 bridgehead atoms. The second kappa shape index (κ2) is 11.6. The summed E-state index contributed by atoms with van der Waals surface area (Å²) in [6.07, 6.45) is 0.726. The Balaban J connectivity index is 0.000000838. The number of nitrogens with zero attached hydrogens (tertiary/aromatic N) is 1. The van der Waals surface area contributed by atoms with Crippen molar-refractivity contribution in [3.8, 4) is 0 Å². The van der Waals surface area contributed by atoms with Crippen molar-refractivity contribution in [3.63, 3.8) is 0 Å². The molecule has 0 fully saturated rings. The molecule has 2 rings (SSSR count). The van der Waals surface area contributed by atoms with Gasteiger partial charge in [0.15, 0.2) is 17.4 Å². The highest BCUT2D eigenvalue weighted by Crippen LogP contribution is 2.27. The Bertz CT molecular complexity index is 778. The Kier molecular flexibility index (Phi) is 10.3. The van der Waals surface area contributed by atoms with Crippen molar-refractivity contribution in [2.24, 2.45) is 0 Å². The molecule has 7 heteroatoms. The summed E-state index contributed by atoms with van der Waals surface area (Å²) in [5.74, 6) is -4.00. The molecule has 0 spiro atoms. The van der Waals surface area contributed by atoms with E-state index in [4.69, 9.17) is 4.79 Å². The maximum atomic E-state index is 14.3. The number of carbonyl (C=O) groups is 3. The Morgan fingerprint density at radius 1 is 1.04 bits per heavy atom. The van der Waals surface area contributed by atoms with Crippen LogP contribution in [0.25, 0.3) is 0 Å². The zero-order chi connectivity index (χ0) is 21.1. The number of ketones is 1. The van der Waals surface area contributed by atoms with Crippen LogP contribution in [-0.2, 0) is 16.0 Å². The first-order valence-corrected chi connectivity index (χ1v) is 7.92. The molecule has 0 unspecified atom stereocenters. The van der Waals surface area contributed by atoms with Crippen LogP contribution in [-0.4, -0.2) is 38.0 Å². The first-order valence-electron chi connectivity index (χ1n) is 7.92. The van der Waals surface area contributed by atoms with Gasteiger partial charge in [-0.2, -0.15) is 0 Å². The number of carbonyl (C=O) groups excluding carboxylic acids is 3. The molecule has 0 saturated heterocycles. The summed E-state index contributed by atoms with van der Waals surface area (Å²) in [5, 5.41) is 0. The van der Waals surface area contributed by atoms with Crippen molar-refractivity contribution in [1.82, 2.24) is 4.90 Å². The maximum absolute atomic E-state index is 14.3. The smallest absolute Gasteiger partial charge is 0.209 e. The number of amides is 1. The predicted octanol–water partition coefficient (Wildman–Crippen LogP) is 3.73. The third-order valence-electron chi connectivity index (χ3n) is 3.47. The Morgan fingerprint density at radius 2 is 1.52 bits per heavy atom. The van der Waals surface area contributed by atoms with Crippen LogP contribution in [0.4, 0.5) is 13.2 Å². The fourth-order valence-electron chi connectivity index (χ4n) is 2.13. The highest BCUT2D eigenvalue weighted by molar-refractivity contribution is 6.10. The first kappa shape index (κ1) is 24.0. The van der Waals surface area contributed by atoms with Crippen LogP contribution in [0, 0.1) is 24.4 Å². The SMILES string of the molecule is C=O.CCc1c(F)c(F)c(C)c(C(=O)c2ccccc2)c1F.CN(C)C=O. The molecule has 1 amide bonds. The normalized spacial score (nSPS) is 9.30. The molecule has 2 aromatic carbocycles. The van der Waals surface area contributed by atoms with Crippen LogP contribution in [0.2, 0.25) is 0 Å². The standard InChI is InChI=1S/C16H13F3O.C3H7NO.CH2O/c1-3-11-14(18)12(9(2)13(17)15(11)19)16(20)10-7-5-4-6-8-10;1-4(2)3-5;1-2/h4-8H,3H2,1-2H3;3H,1-2H3;1H2. The van der Waals surface area contributed by atoms with Gasteiger partial charge in [0, 0.05) is 30.8 Å². The lowest BCUT2D eigenvalue weighted by atomic mass is 9.94. The van der Waals surface area contributed by atoms with E-state index >= 15 is 0 Å². The number of benzene rings is 2. The van der Waals surface area contributed by atoms with Gasteiger partial charge in [0.25, 0.3) is 0 Å². The van der Waals surface area contributed by atoms with Crippen molar-refractivity contribution in [1.29, 1.82) is 0 Å². The zero-order valence-electron chi connectivity index (χ0n) is 15.7. The Morgan fingerprint density at radius 3 is 1.93 bits per heavy atom. The van der Waals surface area contributed by atoms with Gasteiger partial charge < -0.3 is 9.69 Å². The molecule has 0 aliphatic rings. The highest BCUT2D eigenvalue weighted by atomic mass is 19.2. The molecule has 0 aromatic heterocycles. The van der Waals surface area contributed by atoms with Gasteiger partial charge in [0.2, 0.25) is 6.41 Å². The lowest BCUT2D eigenvalue weighted by molar-refractivity contribution is -0.115. The molecule has 2 aromatic rings. The van der Waals surface area contributed by atoms with Crippen molar-refractivity contribution in [2.45, 2.75) is 20.3 Å². The summed E-state index contributed by atoms with van der Waals surface area (Å²) >= 11 is 0. The summed E-state index contributed by atoms with van der Waals surface area (Å²) in [5.41, 5.74) is -0.854. The van der Waals surface area contributed by atoms with E-state index in [2.05, 4.69) is 0 Å². The van der Waals surface area contributed by atoms with Gasteiger partial charge in [-0.15, -0.1) is 0 Å². The number of hydrogen-bond acceptors (Lipinski definition) is 3. The molecule has 0 heterocycles. The molecule has 0 saturated carbocycles. The van der Waals surface area contributed by atoms with Crippen LogP contribution in [0.3, 0.4) is 0 Å². The fraction of sp³-hybridized carbons (Fsp3) is 0.250. The van der Waals surface area contributed by atoms with Gasteiger partial charge in [-0.1, -0.05) is 37.3 Å². The van der Waals surface area contributed by atoms with E-state index in [1.165, 1.54) is 30.9 Å². The molecule has 4 nitrogen and oxygen atoms in total. The first-order chi connectivity index (χ1) is 12.8. The van der Waals surface area contributed by atoms with Crippen LogP contribution >= 0.6 is 0 Å². The molecule has 0 radical (unpaired) electrons. The lowest BCUT2D eigenvalue weighted by Gasteiger charge is -2.12. The molecule has 0 aliphatic carbocycles. The van der Waals surface area contributed by atoms with Gasteiger partial charge in [0.1, 0.15) is 12.6 Å². The van der Waals surface area contributed by atoms with Crippen LogP contribution in [0.15, 0.2) is 30.3 Å². The number of halogens is 3. The van der Waals surface area contributed by atoms with Crippen molar-refractivity contribution < 1.29 is 27.6 Å². The summed E-state index contributed by atoms with van der Waals surface area (Å²) in [7, 11) is 3.38. The van der Waals surface area contributed by atoms with E-state index < -0.39 is 34.4 Å². The number of hydrogen-bond donors (Lipinski definition) is 0. The van der Waals surface area contributed by atoms with Gasteiger partial charge in [0.05, 0.1) is 5.56 Å². The molecule has 0 atom stereocenters. The maximum Gasteiger partial charge on any atom is 0.209 e. The third-order valence-corrected chi connectivity index (χ3v) is 3.47. The van der Waals surface area contributed by atoms with E-state index in [1.807, 2.05) is 6.79 Å². The molecule has 0 N–H and O–H groups in total. The second-order valence-electron chi connectivity index (χ2n) is 5.54. The molecule has 146 valence electrons. The molecule has 27 heavy (non-hydrogen) atoms. The van der Waals surface area contributed by atoms with Crippen molar-refractivity contribution in [2.75, 3.05) is 14.1 Å². The lowest BCUT2D eigenvalue weighted by Crippen LogP contribution is -2.13. The van der Waals surface area contributed by atoms with Gasteiger partial charge in [-0.25, -0.2) is 13.2 Å². The highest BCUT2D eigenvalue weighted by Gasteiger charge is 2.26.